The fourth-order valence-electron chi connectivity index (χ4n) is 2.76. The minimum Gasteiger partial charge on any atom is -0.340 e. The lowest BCUT2D eigenvalue weighted by Gasteiger charge is -2.16. The Kier molecular flexibility index (Phi) is 3.71. The maximum atomic E-state index is 4.61. The molecular formula is C19H24N2. The number of hydrogen-bond acceptors (Lipinski definition) is 2. The van der Waals surface area contributed by atoms with E-state index in [0.29, 0.717) is 0 Å². The zero-order chi connectivity index (χ0) is 15.0. The Morgan fingerprint density at radius 3 is 2.38 bits per heavy atom. The van der Waals surface area contributed by atoms with Crippen molar-refractivity contribution in [3.8, 4) is 0 Å². The smallest absolute Gasteiger partial charge is 0.133 e. The molecule has 1 N–H and O–H groups in total. The number of rotatable bonds is 4. The summed E-state index contributed by atoms with van der Waals surface area (Å²) in [7, 11) is 0. The first-order valence-corrected chi connectivity index (χ1v) is 7.92. The lowest BCUT2D eigenvalue weighted by molar-refractivity contribution is 1.08. The van der Waals surface area contributed by atoms with Crippen molar-refractivity contribution in [1.82, 2.24) is 4.98 Å². The normalized spacial score (nSPS) is 14.3. The summed E-state index contributed by atoms with van der Waals surface area (Å²) < 4.78 is 0. The number of aryl methyl sites for hydroxylation is 4. The van der Waals surface area contributed by atoms with Gasteiger partial charge in [-0.05, 0) is 79.8 Å². The second kappa shape index (κ2) is 5.51. The summed E-state index contributed by atoms with van der Waals surface area (Å²) in [6, 6.07) is 6.86. The molecule has 2 nitrogen and oxygen atoms in total. The first-order chi connectivity index (χ1) is 10.1. The number of pyridine rings is 1. The molecule has 21 heavy (non-hydrogen) atoms. The molecular weight excluding hydrogens is 256 g/mol. The first kappa shape index (κ1) is 14.1. The van der Waals surface area contributed by atoms with Crippen LogP contribution in [-0.2, 0) is 6.42 Å². The van der Waals surface area contributed by atoms with E-state index in [0.717, 1.165) is 18.2 Å². The highest BCUT2D eigenvalue weighted by molar-refractivity contribution is 5.66. The number of nitrogens with zero attached hydrogens (tertiary/aromatic N) is 1. The van der Waals surface area contributed by atoms with Crippen LogP contribution in [0.4, 0.5) is 11.5 Å². The van der Waals surface area contributed by atoms with Crippen LogP contribution in [0, 0.1) is 20.8 Å². The molecule has 110 valence electrons. The molecule has 1 fully saturated rings. The molecule has 0 saturated heterocycles. The molecule has 1 aliphatic carbocycles. The second-order valence-electron chi connectivity index (χ2n) is 6.29. The van der Waals surface area contributed by atoms with Crippen molar-refractivity contribution in [3.05, 3.63) is 52.2 Å². The van der Waals surface area contributed by atoms with Crippen LogP contribution in [0.5, 0.6) is 0 Å². The maximum absolute atomic E-state index is 4.61. The molecule has 0 radical (unpaired) electrons. The molecule has 3 rings (SSSR count). The Bertz CT molecular complexity index is 670. The van der Waals surface area contributed by atoms with Gasteiger partial charge in [-0.15, -0.1) is 0 Å². The van der Waals surface area contributed by atoms with Crippen LogP contribution in [0.15, 0.2) is 24.4 Å². The summed E-state index contributed by atoms with van der Waals surface area (Å²) in [5.41, 5.74) is 7.92. The van der Waals surface area contributed by atoms with Crippen molar-refractivity contribution in [2.24, 2.45) is 0 Å². The third-order valence-electron chi connectivity index (χ3n) is 4.48. The molecule has 1 aromatic heterocycles. The molecule has 0 spiro atoms. The van der Waals surface area contributed by atoms with E-state index in [9.17, 15) is 0 Å². The van der Waals surface area contributed by atoms with Crippen LogP contribution in [0.2, 0.25) is 0 Å². The second-order valence-corrected chi connectivity index (χ2v) is 6.29. The predicted octanol–water partition coefficient (Wildman–Crippen LogP) is 5.19. The van der Waals surface area contributed by atoms with E-state index in [1.54, 1.807) is 0 Å². The van der Waals surface area contributed by atoms with Crippen LogP contribution in [0.1, 0.15) is 53.5 Å². The molecule has 1 aromatic carbocycles. The fourth-order valence-corrected chi connectivity index (χ4v) is 2.76. The number of benzene rings is 1. The Labute approximate surface area is 127 Å². The van der Waals surface area contributed by atoms with Gasteiger partial charge in [-0.25, -0.2) is 4.98 Å². The Hall–Kier alpha value is -1.83. The van der Waals surface area contributed by atoms with E-state index in [2.05, 4.69) is 56.2 Å². The predicted molar refractivity (Wildman–Crippen MR) is 89.5 cm³/mol. The molecule has 0 unspecified atom stereocenters. The molecule has 0 aliphatic heterocycles. The average Bonchev–Trinajstić information content (AvgIpc) is 3.29. The number of anilines is 2. The lowest BCUT2D eigenvalue weighted by atomic mass is 10.0. The van der Waals surface area contributed by atoms with Gasteiger partial charge in [0.1, 0.15) is 5.82 Å². The van der Waals surface area contributed by atoms with Crippen LogP contribution in [-0.4, -0.2) is 4.98 Å². The number of aromatic nitrogens is 1. The lowest BCUT2D eigenvalue weighted by Crippen LogP contribution is -2.01. The molecule has 1 saturated carbocycles. The van der Waals surface area contributed by atoms with Crippen LogP contribution in [0.25, 0.3) is 0 Å². The van der Waals surface area contributed by atoms with E-state index < -0.39 is 0 Å². The van der Waals surface area contributed by atoms with Crippen molar-refractivity contribution in [3.63, 3.8) is 0 Å². The van der Waals surface area contributed by atoms with Gasteiger partial charge in [-0.3, -0.25) is 0 Å². The van der Waals surface area contributed by atoms with Gasteiger partial charge >= 0.3 is 0 Å². The van der Waals surface area contributed by atoms with E-state index >= 15 is 0 Å². The summed E-state index contributed by atoms with van der Waals surface area (Å²) in [5.74, 6) is 1.72. The standard InChI is InChI=1S/C19H24N2/c1-5-15-8-14(4)19(20-11-15)21-18-10-13(3)12(2)9-17(18)16-6-7-16/h8-11,16H,5-7H2,1-4H3,(H,20,21). The SMILES string of the molecule is CCc1cnc(Nc2cc(C)c(C)cc2C2CC2)c(C)c1. The molecule has 2 heteroatoms. The van der Waals surface area contributed by atoms with Crippen LogP contribution in [0.3, 0.4) is 0 Å². The summed E-state index contributed by atoms with van der Waals surface area (Å²) in [6.07, 6.45) is 5.65. The fraction of sp³-hybridized carbons (Fsp3) is 0.421. The monoisotopic (exact) mass is 280 g/mol. The van der Waals surface area contributed by atoms with Crippen LogP contribution >= 0.6 is 0 Å². The largest absolute Gasteiger partial charge is 0.340 e. The Morgan fingerprint density at radius 1 is 1.05 bits per heavy atom. The van der Waals surface area contributed by atoms with Crippen molar-refractivity contribution < 1.29 is 0 Å². The molecule has 0 bridgehead atoms. The van der Waals surface area contributed by atoms with E-state index in [1.165, 1.54) is 46.3 Å². The highest BCUT2D eigenvalue weighted by Crippen LogP contribution is 2.44. The summed E-state index contributed by atoms with van der Waals surface area (Å²) in [5, 5.41) is 3.57. The molecule has 0 atom stereocenters. The highest BCUT2D eigenvalue weighted by Gasteiger charge is 2.26. The number of hydrogen-bond donors (Lipinski definition) is 1. The van der Waals surface area contributed by atoms with Gasteiger partial charge in [-0.2, -0.15) is 0 Å². The van der Waals surface area contributed by atoms with Gasteiger partial charge in [-0.1, -0.05) is 19.1 Å². The van der Waals surface area contributed by atoms with Gasteiger partial charge in [0.2, 0.25) is 0 Å². The topological polar surface area (TPSA) is 24.9 Å². The maximum Gasteiger partial charge on any atom is 0.133 e. The van der Waals surface area contributed by atoms with Gasteiger partial charge in [0.25, 0.3) is 0 Å². The molecule has 1 heterocycles. The van der Waals surface area contributed by atoms with Crippen molar-refractivity contribution in [1.29, 1.82) is 0 Å². The van der Waals surface area contributed by atoms with E-state index in [4.69, 9.17) is 0 Å². The van der Waals surface area contributed by atoms with Crippen molar-refractivity contribution in [2.45, 2.75) is 52.9 Å². The third kappa shape index (κ3) is 2.94. The molecule has 1 aliphatic rings. The highest BCUT2D eigenvalue weighted by atomic mass is 15.0. The summed E-state index contributed by atoms with van der Waals surface area (Å²) in [4.78, 5) is 4.61. The van der Waals surface area contributed by atoms with Gasteiger partial charge < -0.3 is 5.32 Å². The zero-order valence-corrected chi connectivity index (χ0v) is 13.5. The third-order valence-corrected chi connectivity index (χ3v) is 4.48. The summed E-state index contributed by atoms with van der Waals surface area (Å²) in [6.45, 7) is 8.67. The van der Waals surface area contributed by atoms with Gasteiger partial charge in [0, 0.05) is 11.9 Å². The van der Waals surface area contributed by atoms with Crippen LogP contribution < -0.4 is 5.32 Å². The first-order valence-electron chi connectivity index (χ1n) is 7.92. The minimum atomic E-state index is 0.738. The minimum absolute atomic E-state index is 0.738. The van der Waals surface area contributed by atoms with E-state index in [1.807, 2.05) is 6.20 Å². The van der Waals surface area contributed by atoms with Gasteiger partial charge in [0.15, 0.2) is 0 Å². The average molecular weight is 280 g/mol. The zero-order valence-electron chi connectivity index (χ0n) is 13.5. The number of nitrogens with one attached hydrogen (secondary N) is 1. The summed E-state index contributed by atoms with van der Waals surface area (Å²) >= 11 is 0. The Morgan fingerprint density at radius 2 is 1.76 bits per heavy atom. The van der Waals surface area contributed by atoms with E-state index in [-0.39, 0.29) is 0 Å². The quantitative estimate of drug-likeness (QED) is 0.833. The van der Waals surface area contributed by atoms with Gasteiger partial charge in [0.05, 0.1) is 0 Å². The van der Waals surface area contributed by atoms with Crippen molar-refractivity contribution >= 4 is 11.5 Å². The Balaban J connectivity index is 1.96. The molecule has 0 amide bonds. The van der Waals surface area contributed by atoms with Crippen molar-refractivity contribution in [2.75, 3.05) is 5.32 Å². The molecule has 2 aromatic rings.